The average molecular weight is 336 g/mol. The first kappa shape index (κ1) is 15.2. The number of halogens is 2. The summed E-state index contributed by atoms with van der Waals surface area (Å²) in [5.74, 6) is -0.218. The summed E-state index contributed by atoms with van der Waals surface area (Å²) >= 11 is 3.35. The second kappa shape index (κ2) is 6.51. The summed E-state index contributed by atoms with van der Waals surface area (Å²) in [6.07, 6.45) is 1.65. The number of nitrogens with two attached hydrogens (primary N) is 1. The third-order valence-corrected chi connectivity index (χ3v) is 4.38. The largest absolute Gasteiger partial charge is 0.330 e. The lowest BCUT2D eigenvalue weighted by Gasteiger charge is -2.32. The van der Waals surface area contributed by atoms with Crippen molar-refractivity contribution in [2.24, 2.45) is 5.73 Å². The third-order valence-electron chi connectivity index (χ3n) is 3.92. The standard InChI is InChI=1S/C17H19BrFN/c1-2-17(12-20,14-6-4-3-5-7-14)11-13-8-15(18)10-16(19)9-13/h3-10H,2,11-12,20H2,1H3. The van der Waals surface area contributed by atoms with Crippen molar-refractivity contribution in [2.75, 3.05) is 6.54 Å². The van der Waals surface area contributed by atoms with Gasteiger partial charge in [0.25, 0.3) is 0 Å². The number of rotatable bonds is 5. The van der Waals surface area contributed by atoms with Gasteiger partial charge < -0.3 is 5.73 Å². The zero-order valence-electron chi connectivity index (χ0n) is 11.6. The summed E-state index contributed by atoms with van der Waals surface area (Å²) in [5.41, 5.74) is 8.10. The van der Waals surface area contributed by atoms with Crippen LogP contribution in [0.5, 0.6) is 0 Å². The van der Waals surface area contributed by atoms with Crippen LogP contribution in [0, 0.1) is 5.82 Å². The molecule has 2 aromatic rings. The Balaban J connectivity index is 2.39. The van der Waals surface area contributed by atoms with Crippen molar-refractivity contribution in [2.45, 2.75) is 25.2 Å². The summed E-state index contributed by atoms with van der Waals surface area (Å²) in [5, 5.41) is 0. The minimum absolute atomic E-state index is 0.144. The summed E-state index contributed by atoms with van der Waals surface area (Å²) < 4.78 is 14.3. The lowest BCUT2D eigenvalue weighted by molar-refractivity contribution is 0.417. The van der Waals surface area contributed by atoms with Gasteiger partial charge in [-0.15, -0.1) is 0 Å². The number of hydrogen-bond donors (Lipinski definition) is 1. The van der Waals surface area contributed by atoms with Gasteiger partial charge in [0.15, 0.2) is 0 Å². The molecule has 106 valence electrons. The van der Waals surface area contributed by atoms with E-state index in [1.807, 2.05) is 24.3 Å². The zero-order chi connectivity index (χ0) is 14.6. The molecule has 0 amide bonds. The smallest absolute Gasteiger partial charge is 0.124 e. The van der Waals surface area contributed by atoms with Gasteiger partial charge in [-0.05, 0) is 42.2 Å². The van der Waals surface area contributed by atoms with Gasteiger partial charge in [0.1, 0.15) is 5.82 Å². The molecule has 0 bridgehead atoms. The Labute approximate surface area is 128 Å². The van der Waals surface area contributed by atoms with Crippen molar-refractivity contribution in [3.05, 3.63) is 69.9 Å². The van der Waals surface area contributed by atoms with Gasteiger partial charge in [-0.2, -0.15) is 0 Å². The van der Waals surface area contributed by atoms with Gasteiger partial charge in [-0.3, -0.25) is 0 Å². The first-order valence-electron chi connectivity index (χ1n) is 6.80. The van der Waals surface area contributed by atoms with Crippen LogP contribution in [0.3, 0.4) is 0 Å². The van der Waals surface area contributed by atoms with Crippen molar-refractivity contribution in [3.8, 4) is 0 Å². The van der Waals surface area contributed by atoms with Gasteiger partial charge in [0.2, 0.25) is 0 Å². The molecule has 0 radical (unpaired) electrons. The Kier molecular flexibility index (Phi) is 4.95. The summed E-state index contributed by atoms with van der Waals surface area (Å²) in [4.78, 5) is 0. The molecule has 0 saturated carbocycles. The van der Waals surface area contributed by atoms with Crippen LogP contribution in [-0.2, 0) is 11.8 Å². The van der Waals surface area contributed by atoms with Crippen LogP contribution in [0.4, 0.5) is 4.39 Å². The number of benzene rings is 2. The highest BCUT2D eigenvalue weighted by molar-refractivity contribution is 9.10. The monoisotopic (exact) mass is 335 g/mol. The summed E-state index contributed by atoms with van der Waals surface area (Å²) in [7, 11) is 0. The van der Waals surface area contributed by atoms with E-state index >= 15 is 0 Å². The molecule has 2 rings (SSSR count). The van der Waals surface area contributed by atoms with Gasteiger partial charge in [0, 0.05) is 16.4 Å². The second-order valence-corrected chi connectivity index (χ2v) is 6.07. The Morgan fingerprint density at radius 1 is 1.15 bits per heavy atom. The van der Waals surface area contributed by atoms with E-state index in [4.69, 9.17) is 5.73 Å². The lowest BCUT2D eigenvalue weighted by atomic mass is 9.73. The van der Waals surface area contributed by atoms with Gasteiger partial charge in [0.05, 0.1) is 0 Å². The Hall–Kier alpha value is -1.19. The van der Waals surface area contributed by atoms with Crippen LogP contribution in [-0.4, -0.2) is 6.54 Å². The van der Waals surface area contributed by atoms with Crippen LogP contribution in [0.25, 0.3) is 0 Å². The lowest BCUT2D eigenvalue weighted by Crippen LogP contribution is -2.36. The van der Waals surface area contributed by atoms with E-state index in [0.717, 1.165) is 22.9 Å². The third kappa shape index (κ3) is 3.28. The molecular formula is C17H19BrFN. The maximum absolute atomic E-state index is 13.6. The van der Waals surface area contributed by atoms with Crippen molar-refractivity contribution in [3.63, 3.8) is 0 Å². The normalized spacial score (nSPS) is 14.0. The molecular weight excluding hydrogens is 317 g/mol. The van der Waals surface area contributed by atoms with E-state index in [0.29, 0.717) is 6.54 Å². The number of hydrogen-bond acceptors (Lipinski definition) is 1. The summed E-state index contributed by atoms with van der Waals surface area (Å²) in [6.45, 7) is 2.68. The van der Waals surface area contributed by atoms with Crippen LogP contribution in [0.15, 0.2) is 53.0 Å². The van der Waals surface area contributed by atoms with Crippen LogP contribution >= 0.6 is 15.9 Å². The van der Waals surface area contributed by atoms with Crippen molar-refractivity contribution in [1.82, 2.24) is 0 Å². The Morgan fingerprint density at radius 2 is 1.85 bits per heavy atom. The minimum atomic E-state index is -0.218. The molecule has 20 heavy (non-hydrogen) atoms. The molecule has 2 aromatic carbocycles. The average Bonchev–Trinajstić information content (AvgIpc) is 2.45. The molecule has 0 aromatic heterocycles. The fourth-order valence-corrected chi connectivity index (χ4v) is 3.17. The Morgan fingerprint density at radius 3 is 2.40 bits per heavy atom. The maximum atomic E-state index is 13.6. The maximum Gasteiger partial charge on any atom is 0.124 e. The van der Waals surface area contributed by atoms with Gasteiger partial charge >= 0.3 is 0 Å². The molecule has 1 nitrogen and oxygen atoms in total. The van der Waals surface area contributed by atoms with E-state index < -0.39 is 0 Å². The zero-order valence-corrected chi connectivity index (χ0v) is 13.2. The van der Waals surface area contributed by atoms with Crippen molar-refractivity contribution in [1.29, 1.82) is 0 Å². The minimum Gasteiger partial charge on any atom is -0.330 e. The molecule has 1 atom stereocenters. The molecule has 0 fully saturated rings. The fourth-order valence-electron chi connectivity index (χ4n) is 2.66. The van der Waals surface area contributed by atoms with Crippen LogP contribution < -0.4 is 5.73 Å². The molecule has 0 spiro atoms. The van der Waals surface area contributed by atoms with E-state index in [2.05, 4.69) is 35.0 Å². The molecule has 0 aliphatic rings. The predicted molar refractivity (Wildman–Crippen MR) is 85.3 cm³/mol. The highest BCUT2D eigenvalue weighted by atomic mass is 79.9. The molecule has 1 unspecified atom stereocenters. The highest BCUT2D eigenvalue weighted by Gasteiger charge is 2.29. The molecule has 0 aliphatic carbocycles. The van der Waals surface area contributed by atoms with E-state index in [-0.39, 0.29) is 11.2 Å². The quantitative estimate of drug-likeness (QED) is 0.858. The van der Waals surface area contributed by atoms with Crippen molar-refractivity contribution < 1.29 is 4.39 Å². The van der Waals surface area contributed by atoms with Gasteiger partial charge in [-0.1, -0.05) is 53.2 Å². The molecule has 0 saturated heterocycles. The Bertz CT molecular complexity index is 544. The van der Waals surface area contributed by atoms with E-state index in [9.17, 15) is 4.39 Å². The van der Waals surface area contributed by atoms with Gasteiger partial charge in [-0.25, -0.2) is 4.39 Å². The van der Waals surface area contributed by atoms with Crippen LogP contribution in [0.1, 0.15) is 24.5 Å². The molecule has 2 N–H and O–H groups in total. The topological polar surface area (TPSA) is 26.0 Å². The second-order valence-electron chi connectivity index (χ2n) is 5.16. The molecule has 0 heterocycles. The molecule has 0 aliphatic heterocycles. The molecule has 3 heteroatoms. The fraction of sp³-hybridized carbons (Fsp3) is 0.294. The van der Waals surface area contributed by atoms with E-state index in [1.54, 1.807) is 6.07 Å². The summed E-state index contributed by atoms with van der Waals surface area (Å²) in [6, 6.07) is 15.3. The van der Waals surface area contributed by atoms with Crippen molar-refractivity contribution >= 4 is 15.9 Å². The first-order chi connectivity index (χ1) is 9.59. The van der Waals surface area contributed by atoms with E-state index in [1.165, 1.54) is 11.6 Å². The highest BCUT2D eigenvalue weighted by Crippen LogP contribution is 2.32. The first-order valence-corrected chi connectivity index (χ1v) is 7.59. The van der Waals surface area contributed by atoms with Crippen LogP contribution in [0.2, 0.25) is 0 Å². The SMILES string of the molecule is CCC(CN)(Cc1cc(F)cc(Br)c1)c1ccccc1. The predicted octanol–water partition coefficient (Wildman–Crippen LogP) is 4.44.